The van der Waals surface area contributed by atoms with Crippen LogP contribution in [0.15, 0.2) is 72.8 Å². The van der Waals surface area contributed by atoms with E-state index in [1.54, 1.807) is 0 Å². The molecule has 0 saturated heterocycles. The average Bonchev–Trinajstić information content (AvgIpc) is 2.72. The Morgan fingerprint density at radius 1 is 0.286 bits per heavy atom. The maximum absolute atomic E-state index is 14.8. The van der Waals surface area contributed by atoms with E-state index >= 15 is 0 Å². The molecule has 0 spiro atoms. The van der Waals surface area contributed by atoms with Crippen molar-refractivity contribution in [1.29, 1.82) is 0 Å². The summed E-state index contributed by atoms with van der Waals surface area (Å²) in [5, 5.41) is 0. The van der Waals surface area contributed by atoms with Gasteiger partial charge in [-0.05, 0) is 53.1 Å². The molecule has 0 aliphatic carbocycles. The summed E-state index contributed by atoms with van der Waals surface area (Å²) in [6.45, 7) is 0. The van der Waals surface area contributed by atoms with Crippen LogP contribution in [-0.2, 0) is 23.9 Å². The first-order chi connectivity index (χ1) is 15.9. The third-order valence-corrected chi connectivity index (χ3v) is 5.36. The second kappa shape index (κ2) is 8.49. The van der Waals surface area contributed by atoms with Gasteiger partial charge in [-0.1, -0.05) is 36.4 Å². The largest absolute Gasteiger partial charge is 0.416 e. The van der Waals surface area contributed by atoms with Gasteiger partial charge in [-0.3, -0.25) is 0 Å². The average molecular weight is 516 g/mol. The minimum atomic E-state index is -5.40. The van der Waals surface area contributed by atoms with Gasteiger partial charge in [0.15, 0.2) is 0 Å². The minimum absolute atomic E-state index is 0.351. The van der Waals surface area contributed by atoms with Crippen molar-refractivity contribution in [3.8, 4) is 0 Å². The van der Waals surface area contributed by atoms with Crippen molar-refractivity contribution < 1.29 is 52.7 Å². The lowest BCUT2D eigenvalue weighted by Crippen LogP contribution is -2.44. The molecule has 188 valence electrons. The highest BCUT2D eigenvalue weighted by Crippen LogP contribution is 2.52. The Bertz CT molecular complexity index is 1010. The molecule has 3 aromatic carbocycles. The molecule has 0 nitrogen and oxygen atoms in total. The lowest BCUT2D eigenvalue weighted by atomic mass is 9.68. The smallest absolute Gasteiger partial charge is 0.169 e. The Hall–Kier alpha value is -3.18. The fraction of sp³-hybridized carbons (Fsp3) is 0.217. The van der Waals surface area contributed by atoms with E-state index in [-0.39, 0.29) is 0 Å². The van der Waals surface area contributed by atoms with Gasteiger partial charge >= 0.3 is 24.7 Å². The van der Waals surface area contributed by atoms with Crippen molar-refractivity contribution in [2.45, 2.75) is 30.1 Å². The maximum Gasteiger partial charge on any atom is 0.416 e. The van der Waals surface area contributed by atoms with Crippen LogP contribution in [0.3, 0.4) is 0 Å². The first-order valence-corrected chi connectivity index (χ1v) is 9.48. The van der Waals surface area contributed by atoms with E-state index in [1.807, 2.05) is 0 Å². The van der Waals surface area contributed by atoms with Crippen LogP contribution in [0.2, 0.25) is 0 Å². The van der Waals surface area contributed by atoms with Crippen molar-refractivity contribution >= 4 is 0 Å². The van der Waals surface area contributed by atoms with Gasteiger partial charge < -0.3 is 0 Å². The summed E-state index contributed by atoms with van der Waals surface area (Å²) in [4.78, 5) is 0. The van der Waals surface area contributed by atoms with Gasteiger partial charge in [0, 0.05) is 0 Å². The monoisotopic (exact) mass is 516 g/mol. The highest BCUT2D eigenvalue weighted by Gasteiger charge is 2.58. The molecule has 0 aliphatic rings. The number of hydrogen-bond donors (Lipinski definition) is 0. The van der Waals surface area contributed by atoms with E-state index in [1.165, 1.54) is 0 Å². The van der Waals surface area contributed by atoms with Crippen LogP contribution >= 0.6 is 0 Å². The summed E-state index contributed by atoms with van der Waals surface area (Å²) in [6.07, 6.45) is -20.1. The Morgan fingerprint density at radius 3 is 0.600 bits per heavy atom. The predicted molar refractivity (Wildman–Crippen MR) is 100 cm³/mol. The fourth-order valence-corrected chi connectivity index (χ4v) is 3.72. The fourth-order valence-electron chi connectivity index (χ4n) is 3.72. The molecule has 0 amide bonds. The predicted octanol–water partition coefficient (Wildman–Crippen LogP) is 8.64. The number of alkyl halides is 12. The zero-order chi connectivity index (χ0) is 26.4. The molecular weight excluding hydrogens is 504 g/mol. The molecule has 35 heavy (non-hydrogen) atoms. The van der Waals surface area contributed by atoms with Crippen LogP contribution in [-0.4, -0.2) is 6.18 Å². The Balaban J connectivity index is 2.35. The summed E-state index contributed by atoms with van der Waals surface area (Å²) >= 11 is 0. The lowest BCUT2D eigenvalue weighted by Gasteiger charge is -2.38. The molecule has 12 heteroatoms. The quantitative estimate of drug-likeness (QED) is 0.242. The Kier molecular flexibility index (Phi) is 6.41. The number of halogens is 12. The van der Waals surface area contributed by atoms with Crippen molar-refractivity contribution in [2.75, 3.05) is 0 Å². The van der Waals surface area contributed by atoms with Gasteiger partial charge in [-0.15, -0.1) is 0 Å². The molecule has 0 aromatic heterocycles. The van der Waals surface area contributed by atoms with Crippen LogP contribution < -0.4 is 0 Å². The van der Waals surface area contributed by atoms with Crippen molar-refractivity contribution in [1.82, 2.24) is 0 Å². The van der Waals surface area contributed by atoms with E-state index in [2.05, 4.69) is 0 Å². The van der Waals surface area contributed by atoms with Gasteiger partial charge in [0.05, 0.1) is 16.7 Å². The molecule has 0 N–H and O–H groups in total. The zero-order valence-electron chi connectivity index (χ0n) is 17.0. The topological polar surface area (TPSA) is 0 Å². The van der Waals surface area contributed by atoms with Crippen molar-refractivity contribution in [3.05, 3.63) is 106 Å². The summed E-state index contributed by atoms with van der Waals surface area (Å²) in [7, 11) is 0. The molecule has 0 unspecified atom stereocenters. The van der Waals surface area contributed by atoms with E-state index in [9.17, 15) is 52.7 Å². The van der Waals surface area contributed by atoms with E-state index < -0.39 is 63.5 Å². The normalized spacial score (nSPS) is 13.7. The maximum atomic E-state index is 14.8. The third kappa shape index (κ3) is 4.96. The summed E-state index contributed by atoms with van der Waals surface area (Å²) in [6, 6.07) is 5.06. The number of benzene rings is 3. The summed E-state index contributed by atoms with van der Waals surface area (Å²) < 4.78 is 161. The molecule has 0 saturated carbocycles. The van der Waals surface area contributed by atoms with Crippen LogP contribution in [0.25, 0.3) is 0 Å². The highest BCUT2D eigenvalue weighted by molar-refractivity contribution is 5.54. The third-order valence-electron chi connectivity index (χ3n) is 5.36. The van der Waals surface area contributed by atoms with Crippen LogP contribution in [0.5, 0.6) is 0 Å². The Labute approximate surface area is 189 Å². The molecule has 3 rings (SSSR count). The molecule has 0 radical (unpaired) electrons. The van der Waals surface area contributed by atoms with E-state index in [0.29, 0.717) is 72.8 Å². The van der Waals surface area contributed by atoms with Crippen LogP contribution in [0.1, 0.15) is 33.4 Å². The molecule has 0 heterocycles. The highest BCUT2D eigenvalue weighted by atomic mass is 19.4. The second-order valence-electron chi connectivity index (χ2n) is 7.47. The van der Waals surface area contributed by atoms with Gasteiger partial charge in [-0.2, -0.15) is 52.7 Å². The standard InChI is InChI=1S/C23H12F12/c24-20(25,26)16-7-1-13(2-8-16)19(23(33,34)35,14-3-9-17(10-4-14)21(27,28)29)15-5-11-18(12-6-15)22(30,31)32/h1-12H. The van der Waals surface area contributed by atoms with Crippen LogP contribution in [0.4, 0.5) is 52.7 Å². The first kappa shape index (κ1) is 26.4. The second-order valence-corrected chi connectivity index (χ2v) is 7.47. The molecule has 0 fully saturated rings. The molecular formula is C23H12F12. The zero-order valence-corrected chi connectivity index (χ0v) is 17.0. The Morgan fingerprint density at radius 2 is 0.457 bits per heavy atom. The molecule has 0 bridgehead atoms. The van der Waals surface area contributed by atoms with E-state index in [4.69, 9.17) is 0 Å². The van der Waals surface area contributed by atoms with Crippen LogP contribution in [0, 0.1) is 0 Å². The minimum Gasteiger partial charge on any atom is -0.169 e. The molecule has 3 aromatic rings. The first-order valence-electron chi connectivity index (χ1n) is 9.48. The number of hydrogen-bond acceptors (Lipinski definition) is 0. The van der Waals surface area contributed by atoms with Gasteiger partial charge in [0.2, 0.25) is 0 Å². The van der Waals surface area contributed by atoms with Gasteiger partial charge in [-0.25, -0.2) is 0 Å². The summed E-state index contributed by atoms with van der Waals surface area (Å²) in [5.41, 5.74) is -9.77. The lowest BCUT2D eigenvalue weighted by molar-refractivity contribution is -0.166. The van der Waals surface area contributed by atoms with Gasteiger partial charge in [0.1, 0.15) is 5.41 Å². The molecule has 0 aliphatic heterocycles. The number of rotatable bonds is 3. The van der Waals surface area contributed by atoms with E-state index in [0.717, 1.165) is 0 Å². The SMILES string of the molecule is FC(F)(F)c1ccc(C(c2ccc(C(F)(F)F)cc2)(c2ccc(C(F)(F)F)cc2)C(F)(F)F)cc1. The van der Waals surface area contributed by atoms with Gasteiger partial charge in [0.25, 0.3) is 0 Å². The summed E-state index contributed by atoms with van der Waals surface area (Å²) in [5.74, 6) is 0. The van der Waals surface area contributed by atoms with Crippen molar-refractivity contribution in [2.24, 2.45) is 0 Å². The van der Waals surface area contributed by atoms with Crippen molar-refractivity contribution in [3.63, 3.8) is 0 Å². The molecule has 0 atom stereocenters.